The first-order chi connectivity index (χ1) is 7.60. The Kier molecular flexibility index (Phi) is 4.50. The van der Waals surface area contributed by atoms with Crippen LogP contribution in [0.5, 0.6) is 0 Å². The van der Waals surface area contributed by atoms with Gasteiger partial charge < -0.3 is 4.90 Å². The SMILES string of the molecule is C=CCN(CC)C(=O)c1cc(Cl)ccc1F. The second kappa shape index (κ2) is 5.66. The molecule has 0 aliphatic rings. The van der Waals surface area contributed by atoms with Crippen molar-refractivity contribution >= 4 is 17.5 Å². The van der Waals surface area contributed by atoms with Gasteiger partial charge in [-0.05, 0) is 25.1 Å². The summed E-state index contributed by atoms with van der Waals surface area (Å²) in [6.07, 6.45) is 1.60. The zero-order chi connectivity index (χ0) is 12.1. The van der Waals surface area contributed by atoms with E-state index in [0.29, 0.717) is 18.1 Å². The van der Waals surface area contributed by atoms with Crippen LogP contribution in [0.15, 0.2) is 30.9 Å². The summed E-state index contributed by atoms with van der Waals surface area (Å²) >= 11 is 5.73. The maximum atomic E-state index is 13.4. The van der Waals surface area contributed by atoms with Crippen LogP contribution >= 0.6 is 11.6 Å². The molecular formula is C12H13ClFNO. The lowest BCUT2D eigenvalue weighted by Crippen LogP contribution is -2.31. The summed E-state index contributed by atoms with van der Waals surface area (Å²) in [4.78, 5) is 13.4. The van der Waals surface area contributed by atoms with Gasteiger partial charge in [-0.25, -0.2) is 4.39 Å². The van der Waals surface area contributed by atoms with Gasteiger partial charge in [0.05, 0.1) is 5.56 Å². The van der Waals surface area contributed by atoms with E-state index in [9.17, 15) is 9.18 Å². The number of carbonyl (C=O) groups is 1. The van der Waals surface area contributed by atoms with E-state index in [1.807, 2.05) is 6.92 Å². The molecule has 1 aromatic rings. The summed E-state index contributed by atoms with van der Waals surface area (Å²) in [6.45, 7) is 6.26. The molecule has 0 aromatic heterocycles. The Hall–Kier alpha value is -1.35. The van der Waals surface area contributed by atoms with Crippen LogP contribution in [0.25, 0.3) is 0 Å². The van der Waals surface area contributed by atoms with Gasteiger partial charge in [-0.15, -0.1) is 6.58 Å². The first-order valence-corrected chi connectivity index (χ1v) is 5.33. The van der Waals surface area contributed by atoms with Crippen molar-refractivity contribution in [1.29, 1.82) is 0 Å². The van der Waals surface area contributed by atoms with Gasteiger partial charge in [0.25, 0.3) is 5.91 Å². The second-order valence-electron chi connectivity index (χ2n) is 3.26. The van der Waals surface area contributed by atoms with Crippen molar-refractivity contribution in [3.05, 3.63) is 47.3 Å². The zero-order valence-corrected chi connectivity index (χ0v) is 9.80. The molecule has 0 atom stereocenters. The van der Waals surface area contributed by atoms with Crippen molar-refractivity contribution in [2.24, 2.45) is 0 Å². The average molecular weight is 242 g/mol. The highest BCUT2D eigenvalue weighted by atomic mass is 35.5. The first kappa shape index (κ1) is 12.7. The van der Waals surface area contributed by atoms with Gasteiger partial charge in [0.15, 0.2) is 0 Å². The van der Waals surface area contributed by atoms with Crippen LogP contribution in [0.2, 0.25) is 5.02 Å². The number of benzene rings is 1. The highest BCUT2D eigenvalue weighted by Crippen LogP contribution is 2.16. The van der Waals surface area contributed by atoms with Crippen LogP contribution < -0.4 is 0 Å². The van der Waals surface area contributed by atoms with Crippen molar-refractivity contribution in [2.45, 2.75) is 6.92 Å². The van der Waals surface area contributed by atoms with Crippen LogP contribution in [-0.2, 0) is 0 Å². The van der Waals surface area contributed by atoms with E-state index in [1.54, 1.807) is 6.08 Å². The van der Waals surface area contributed by atoms with Gasteiger partial charge >= 0.3 is 0 Å². The van der Waals surface area contributed by atoms with E-state index in [-0.39, 0.29) is 11.5 Å². The molecule has 1 aromatic carbocycles. The van der Waals surface area contributed by atoms with E-state index in [1.165, 1.54) is 23.1 Å². The maximum Gasteiger partial charge on any atom is 0.257 e. The largest absolute Gasteiger partial charge is 0.335 e. The molecule has 86 valence electrons. The number of nitrogens with zero attached hydrogens (tertiary/aromatic N) is 1. The summed E-state index contributed by atoms with van der Waals surface area (Å²) in [7, 11) is 0. The predicted molar refractivity (Wildman–Crippen MR) is 63.2 cm³/mol. The third kappa shape index (κ3) is 2.83. The summed E-state index contributed by atoms with van der Waals surface area (Å²) in [5.41, 5.74) is -0.00352. The molecule has 1 amide bonds. The lowest BCUT2D eigenvalue weighted by atomic mass is 10.2. The quantitative estimate of drug-likeness (QED) is 0.742. The van der Waals surface area contributed by atoms with Crippen molar-refractivity contribution in [3.63, 3.8) is 0 Å². The molecule has 0 fully saturated rings. The topological polar surface area (TPSA) is 20.3 Å². The standard InChI is InChI=1S/C12H13ClFNO/c1-3-7-15(4-2)12(16)10-8-9(13)5-6-11(10)14/h3,5-6,8H,1,4,7H2,2H3. The molecule has 0 unspecified atom stereocenters. The molecule has 2 nitrogen and oxygen atoms in total. The average Bonchev–Trinajstić information content (AvgIpc) is 2.28. The Morgan fingerprint density at radius 1 is 1.62 bits per heavy atom. The van der Waals surface area contributed by atoms with E-state index in [4.69, 9.17) is 11.6 Å². The second-order valence-corrected chi connectivity index (χ2v) is 3.69. The molecule has 0 aliphatic heterocycles. The molecule has 0 saturated carbocycles. The molecule has 0 heterocycles. The molecule has 0 N–H and O–H groups in total. The van der Waals surface area contributed by atoms with Crippen molar-refractivity contribution in [1.82, 2.24) is 4.90 Å². The van der Waals surface area contributed by atoms with Crippen molar-refractivity contribution < 1.29 is 9.18 Å². The fourth-order valence-corrected chi connectivity index (χ4v) is 1.52. The smallest absolute Gasteiger partial charge is 0.257 e. The van der Waals surface area contributed by atoms with Crippen molar-refractivity contribution in [2.75, 3.05) is 13.1 Å². The molecule has 0 radical (unpaired) electrons. The number of amides is 1. The number of hydrogen-bond donors (Lipinski definition) is 0. The van der Waals surface area contributed by atoms with E-state index in [0.717, 1.165) is 0 Å². The number of halogens is 2. The number of rotatable bonds is 4. The minimum absolute atomic E-state index is 0.00352. The highest BCUT2D eigenvalue weighted by Gasteiger charge is 2.17. The molecule has 1 rings (SSSR count). The van der Waals surface area contributed by atoms with E-state index < -0.39 is 5.82 Å². The fourth-order valence-electron chi connectivity index (χ4n) is 1.34. The summed E-state index contributed by atoms with van der Waals surface area (Å²) in [5.74, 6) is -0.931. The van der Waals surface area contributed by atoms with Crippen LogP contribution in [-0.4, -0.2) is 23.9 Å². The lowest BCUT2D eigenvalue weighted by molar-refractivity contribution is 0.0777. The van der Waals surface area contributed by atoms with Crippen LogP contribution in [0, 0.1) is 5.82 Å². The number of hydrogen-bond acceptors (Lipinski definition) is 1. The minimum atomic E-state index is -0.558. The van der Waals surface area contributed by atoms with Gasteiger partial charge in [-0.3, -0.25) is 4.79 Å². The first-order valence-electron chi connectivity index (χ1n) is 4.95. The number of likely N-dealkylation sites (N-methyl/N-ethyl adjacent to an activating group) is 1. The van der Waals surface area contributed by atoms with Gasteiger partial charge in [-0.2, -0.15) is 0 Å². The van der Waals surface area contributed by atoms with E-state index >= 15 is 0 Å². The van der Waals surface area contributed by atoms with Crippen LogP contribution in [0.4, 0.5) is 4.39 Å². The van der Waals surface area contributed by atoms with Crippen LogP contribution in [0.3, 0.4) is 0 Å². The predicted octanol–water partition coefficient (Wildman–Crippen LogP) is 3.13. The summed E-state index contributed by atoms with van der Waals surface area (Å²) < 4.78 is 13.4. The van der Waals surface area contributed by atoms with Crippen molar-refractivity contribution in [3.8, 4) is 0 Å². The Morgan fingerprint density at radius 2 is 2.31 bits per heavy atom. The minimum Gasteiger partial charge on any atom is -0.335 e. The van der Waals surface area contributed by atoms with Gasteiger partial charge in [0, 0.05) is 18.1 Å². The third-order valence-corrected chi connectivity index (χ3v) is 2.41. The Bertz CT molecular complexity index is 406. The molecule has 0 aliphatic carbocycles. The Labute approximate surface area is 99.3 Å². The summed E-state index contributed by atoms with van der Waals surface area (Å²) in [5, 5.41) is 0.347. The van der Waals surface area contributed by atoms with Gasteiger partial charge in [0.2, 0.25) is 0 Å². The number of carbonyl (C=O) groups excluding carboxylic acids is 1. The maximum absolute atomic E-state index is 13.4. The highest BCUT2D eigenvalue weighted by molar-refractivity contribution is 6.30. The molecule has 16 heavy (non-hydrogen) atoms. The Morgan fingerprint density at radius 3 is 2.88 bits per heavy atom. The normalized spacial score (nSPS) is 9.94. The lowest BCUT2D eigenvalue weighted by Gasteiger charge is -2.19. The molecule has 0 bridgehead atoms. The zero-order valence-electron chi connectivity index (χ0n) is 9.04. The van der Waals surface area contributed by atoms with Gasteiger partial charge in [0.1, 0.15) is 5.82 Å². The molecule has 0 saturated heterocycles. The van der Waals surface area contributed by atoms with E-state index in [2.05, 4.69) is 6.58 Å². The fraction of sp³-hybridized carbons (Fsp3) is 0.250. The van der Waals surface area contributed by atoms with Crippen LogP contribution in [0.1, 0.15) is 17.3 Å². The monoisotopic (exact) mass is 241 g/mol. The summed E-state index contributed by atoms with van der Waals surface area (Å²) in [6, 6.07) is 3.94. The molecule has 4 heteroatoms. The molecular weight excluding hydrogens is 229 g/mol. The third-order valence-electron chi connectivity index (χ3n) is 2.18. The van der Waals surface area contributed by atoms with Gasteiger partial charge in [-0.1, -0.05) is 17.7 Å². The molecule has 0 spiro atoms. The Balaban J connectivity index is 3.02.